The van der Waals surface area contributed by atoms with Crippen molar-refractivity contribution < 1.29 is 14.3 Å². The molecule has 0 radical (unpaired) electrons. The quantitative estimate of drug-likeness (QED) is 0.864. The molecule has 6 heteroatoms. The number of nitrogens with one attached hydrogen (secondary N) is 2. The van der Waals surface area contributed by atoms with Crippen LogP contribution < -0.4 is 15.4 Å². The first kappa shape index (κ1) is 14.9. The van der Waals surface area contributed by atoms with Crippen LogP contribution in [0.5, 0.6) is 5.75 Å². The highest BCUT2D eigenvalue weighted by Crippen LogP contribution is 2.27. The van der Waals surface area contributed by atoms with Gasteiger partial charge in [-0.15, -0.1) is 0 Å². The second kappa shape index (κ2) is 6.30. The lowest BCUT2D eigenvalue weighted by Crippen LogP contribution is -2.37. The number of carbonyl (C=O) groups is 2. The lowest BCUT2D eigenvalue weighted by atomic mass is 10.2. The predicted molar refractivity (Wildman–Crippen MR) is 80.5 cm³/mol. The lowest BCUT2D eigenvalue weighted by Gasteiger charge is -2.06. The summed E-state index contributed by atoms with van der Waals surface area (Å²) in [5.74, 6) is 0.218. The van der Waals surface area contributed by atoms with Crippen molar-refractivity contribution in [3.8, 4) is 5.75 Å². The van der Waals surface area contributed by atoms with E-state index in [0.29, 0.717) is 18.0 Å². The van der Waals surface area contributed by atoms with Gasteiger partial charge in [0.15, 0.2) is 0 Å². The average Bonchev–Trinajstić information content (AvgIpc) is 2.82. The molecule has 2 N–H and O–H groups in total. The zero-order chi connectivity index (χ0) is 15.4. The Morgan fingerprint density at radius 2 is 2.05 bits per heavy atom. The van der Waals surface area contributed by atoms with Crippen LogP contribution in [0.25, 0.3) is 10.9 Å². The van der Waals surface area contributed by atoms with Gasteiger partial charge in [-0.25, -0.2) is 0 Å². The maximum Gasteiger partial charge on any atom is 0.268 e. The average molecular weight is 289 g/mol. The molecule has 6 nitrogen and oxygen atoms in total. The summed E-state index contributed by atoms with van der Waals surface area (Å²) >= 11 is 0. The minimum Gasteiger partial charge on any atom is -0.496 e. The summed E-state index contributed by atoms with van der Waals surface area (Å²) in [6.45, 7) is 2.33. The van der Waals surface area contributed by atoms with E-state index in [4.69, 9.17) is 4.74 Å². The number of aryl methyl sites for hydroxylation is 1. The number of carbonyl (C=O) groups excluding carboxylic acids is 2. The van der Waals surface area contributed by atoms with Crippen molar-refractivity contribution in [2.45, 2.75) is 6.92 Å². The second-order valence-corrected chi connectivity index (χ2v) is 4.62. The number of methoxy groups -OCH3 is 1. The van der Waals surface area contributed by atoms with Gasteiger partial charge in [0.05, 0.1) is 19.2 Å². The molecule has 0 aliphatic carbocycles. The Morgan fingerprint density at radius 1 is 1.29 bits per heavy atom. The summed E-state index contributed by atoms with van der Waals surface area (Å²) in [6, 6.07) is 7.40. The Bertz CT molecular complexity index is 676. The number of ether oxygens (including phenoxy) is 1. The topological polar surface area (TPSA) is 72.4 Å². The zero-order valence-corrected chi connectivity index (χ0v) is 12.4. The second-order valence-electron chi connectivity index (χ2n) is 4.62. The molecule has 0 aliphatic rings. The minimum absolute atomic E-state index is 0.0364. The molecule has 2 amide bonds. The normalized spacial score (nSPS) is 10.4. The number of likely N-dealkylation sites (N-methyl/N-ethyl adjacent to an activating group) is 1. The smallest absolute Gasteiger partial charge is 0.268 e. The van der Waals surface area contributed by atoms with Crippen LogP contribution in [-0.2, 0) is 11.8 Å². The van der Waals surface area contributed by atoms with Gasteiger partial charge in [0.2, 0.25) is 5.91 Å². The van der Waals surface area contributed by atoms with Crippen molar-refractivity contribution in [2.75, 3.05) is 20.2 Å². The summed E-state index contributed by atoms with van der Waals surface area (Å²) in [6.07, 6.45) is 0. The Balaban J connectivity index is 2.24. The number of hydrogen-bond acceptors (Lipinski definition) is 3. The highest BCUT2D eigenvalue weighted by atomic mass is 16.5. The van der Waals surface area contributed by atoms with Crippen molar-refractivity contribution >= 4 is 22.7 Å². The highest BCUT2D eigenvalue weighted by Gasteiger charge is 2.16. The van der Waals surface area contributed by atoms with E-state index in [1.807, 2.05) is 32.2 Å². The number of rotatable bonds is 5. The van der Waals surface area contributed by atoms with Crippen molar-refractivity contribution in [3.05, 3.63) is 30.0 Å². The molecule has 0 spiro atoms. The molecular formula is C15H19N3O3. The fourth-order valence-electron chi connectivity index (χ4n) is 2.24. The van der Waals surface area contributed by atoms with Crippen molar-refractivity contribution in [2.24, 2.45) is 7.05 Å². The third-order valence-corrected chi connectivity index (χ3v) is 3.28. The van der Waals surface area contributed by atoms with Gasteiger partial charge in [-0.3, -0.25) is 9.59 Å². The van der Waals surface area contributed by atoms with E-state index in [2.05, 4.69) is 10.6 Å². The first-order chi connectivity index (χ1) is 10.1. The van der Waals surface area contributed by atoms with Gasteiger partial charge < -0.3 is 19.9 Å². The summed E-state index contributed by atoms with van der Waals surface area (Å²) < 4.78 is 7.08. The summed E-state index contributed by atoms with van der Waals surface area (Å²) in [5.41, 5.74) is 1.39. The number of fused-ring (bicyclic) bond motifs is 1. The molecule has 0 aliphatic heterocycles. The molecule has 1 heterocycles. The van der Waals surface area contributed by atoms with Crippen LogP contribution in [0.2, 0.25) is 0 Å². The molecule has 0 fully saturated rings. The third-order valence-electron chi connectivity index (χ3n) is 3.28. The largest absolute Gasteiger partial charge is 0.496 e. The molecule has 1 aromatic heterocycles. The van der Waals surface area contributed by atoms with Gasteiger partial charge in [0, 0.05) is 19.0 Å². The zero-order valence-electron chi connectivity index (χ0n) is 12.4. The minimum atomic E-state index is -0.290. The fourth-order valence-corrected chi connectivity index (χ4v) is 2.24. The predicted octanol–water partition coefficient (Wildman–Crippen LogP) is 1.05. The van der Waals surface area contributed by atoms with E-state index in [1.54, 1.807) is 17.7 Å². The van der Waals surface area contributed by atoms with Crippen LogP contribution in [0.4, 0.5) is 0 Å². The molecule has 1 aromatic carbocycles. The van der Waals surface area contributed by atoms with E-state index in [-0.39, 0.29) is 18.4 Å². The molecule has 21 heavy (non-hydrogen) atoms. The van der Waals surface area contributed by atoms with Gasteiger partial charge in [-0.05, 0) is 25.1 Å². The fraction of sp³-hybridized carbons (Fsp3) is 0.333. The van der Waals surface area contributed by atoms with Crippen molar-refractivity contribution in [1.82, 2.24) is 15.2 Å². The Kier molecular flexibility index (Phi) is 4.47. The number of hydrogen-bond donors (Lipinski definition) is 2. The Hall–Kier alpha value is -2.50. The van der Waals surface area contributed by atoms with E-state index in [1.165, 1.54) is 0 Å². The monoisotopic (exact) mass is 289 g/mol. The van der Waals surface area contributed by atoms with Gasteiger partial charge in [-0.1, -0.05) is 6.07 Å². The number of aromatic nitrogens is 1. The number of benzene rings is 1. The van der Waals surface area contributed by atoms with E-state index in [0.717, 1.165) is 10.9 Å². The van der Waals surface area contributed by atoms with E-state index in [9.17, 15) is 9.59 Å². The first-order valence-corrected chi connectivity index (χ1v) is 6.75. The Labute approximate surface area is 123 Å². The number of amides is 2. The van der Waals surface area contributed by atoms with Crippen molar-refractivity contribution in [1.29, 1.82) is 0 Å². The standard InChI is InChI=1S/C15H19N3O3/c1-4-16-14(19)9-17-15(20)12-8-10-11(18(12)2)6-5-7-13(10)21-3/h5-8H,4,9H2,1-3H3,(H,16,19)(H,17,20). The Morgan fingerprint density at radius 3 is 2.71 bits per heavy atom. The van der Waals surface area contributed by atoms with Crippen LogP contribution >= 0.6 is 0 Å². The van der Waals surface area contributed by atoms with Crippen LogP contribution in [0, 0.1) is 0 Å². The maximum absolute atomic E-state index is 12.2. The molecule has 2 aromatic rings. The highest BCUT2D eigenvalue weighted by molar-refractivity contribution is 6.01. The van der Waals surface area contributed by atoms with Crippen molar-refractivity contribution in [3.63, 3.8) is 0 Å². The van der Waals surface area contributed by atoms with Gasteiger partial charge >= 0.3 is 0 Å². The summed E-state index contributed by atoms with van der Waals surface area (Å²) in [4.78, 5) is 23.6. The molecule has 112 valence electrons. The van der Waals surface area contributed by atoms with E-state index >= 15 is 0 Å². The molecular weight excluding hydrogens is 270 g/mol. The SMILES string of the molecule is CCNC(=O)CNC(=O)c1cc2c(OC)cccc2n1C. The van der Waals surface area contributed by atoms with Crippen LogP contribution in [0.3, 0.4) is 0 Å². The van der Waals surface area contributed by atoms with Gasteiger partial charge in [0.25, 0.3) is 5.91 Å². The summed E-state index contributed by atoms with van der Waals surface area (Å²) in [5, 5.41) is 6.11. The van der Waals surface area contributed by atoms with E-state index < -0.39 is 0 Å². The molecule has 0 bridgehead atoms. The molecule has 0 atom stereocenters. The van der Waals surface area contributed by atoms with Gasteiger partial charge in [-0.2, -0.15) is 0 Å². The molecule has 2 rings (SSSR count). The van der Waals surface area contributed by atoms with Crippen LogP contribution in [-0.4, -0.2) is 36.6 Å². The first-order valence-electron chi connectivity index (χ1n) is 6.75. The van der Waals surface area contributed by atoms with Crippen LogP contribution in [0.15, 0.2) is 24.3 Å². The third kappa shape index (κ3) is 2.99. The lowest BCUT2D eigenvalue weighted by molar-refractivity contribution is -0.120. The van der Waals surface area contributed by atoms with Crippen LogP contribution in [0.1, 0.15) is 17.4 Å². The molecule has 0 saturated carbocycles. The summed E-state index contributed by atoms with van der Waals surface area (Å²) in [7, 11) is 3.40. The maximum atomic E-state index is 12.2. The number of nitrogens with zero attached hydrogens (tertiary/aromatic N) is 1. The van der Waals surface area contributed by atoms with Gasteiger partial charge in [0.1, 0.15) is 11.4 Å². The molecule has 0 saturated heterocycles. The molecule has 0 unspecified atom stereocenters.